The first-order chi connectivity index (χ1) is 6.66. The molecule has 0 nitrogen and oxygen atoms in total. The van der Waals surface area contributed by atoms with Gasteiger partial charge in [-0.25, -0.2) is 0 Å². The Labute approximate surface area is 91.5 Å². The highest BCUT2D eigenvalue weighted by molar-refractivity contribution is 4.63. The number of hydrogen-bond acceptors (Lipinski definition) is 0. The molecule has 0 aromatic rings. The fourth-order valence-corrected chi connectivity index (χ4v) is 1.92. The van der Waals surface area contributed by atoms with Crippen LogP contribution in [0.5, 0.6) is 0 Å². The molecule has 0 heteroatoms. The summed E-state index contributed by atoms with van der Waals surface area (Å²) in [6, 6.07) is 0. The van der Waals surface area contributed by atoms with Crippen LogP contribution in [0.2, 0.25) is 0 Å². The average Bonchev–Trinajstić information content (AvgIpc) is 2.10. The van der Waals surface area contributed by atoms with Gasteiger partial charge >= 0.3 is 0 Å². The standard InChI is InChI=1S/C14H28/c1-5-6-7-8-9-10-11-14(4)12-13(2)3/h13-14H,1,4-12H2,2-3H3. The molecule has 0 N–H and O–H groups in total. The van der Waals surface area contributed by atoms with E-state index < -0.39 is 0 Å². The van der Waals surface area contributed by atoms with Crippen LogP contribution in [0.4, 0.5) is 0 Å². The second-order valence-electron chi connectivity index (χ2n) is 4.91. The molecule has 0 aliphatic rings. The number of unbranched alkanes of at least 4 members (excludes halogenated alkanes) is 5. The predicted octanol–water partition coefficient (Wildman–Crippen LogP) is 5.05. The van der Waals surface area contributed by atoms with Gasteiger partial charge in [0, 0.05) is 0 Å². The van der Waals surface area contributed by atoms with Crippen molar-refractivity contribution in [2.24, 2.45) is 11.8 Å². The minimum Gasteiger partial charge on any atom is -0.0628 e. The largest absolute Gasteiger partial charge is 0.0628 e. The fraction of sp³-hybridized carbons (Fsp3) is 0.857. The van der Waals surface area contributed by atoms with Gasteiger partial charge in [-0.1, -0.05) is 72.6 Å². The van der Waals surface area contributed by atoms with Crippen LogP contribution in [0.25, 0.3) is 0 Å². The Morgan fingerprint density at radius 2 is 1.50 bits per heavy atom. The van der Waals surface area contributed by atoms with Crippen molar-refractivity contribution < 1.29 is 0 Å². The van der Waals surface area contributed by atoms with Crippen LogP contribution in [0.3, 0.4) is 0 Å². The first-order valence-electron chi connectivity index (χ1n) is 6.29. The van der Waals surface area contributed by atoms with E-state index in [2.05, 4.69) is 27.7 Å². The maximum atomic E-state index is 4.20. The average molecular weight is 196 g/mol. The van der Waals surface area contributed by atoms with Crippen molar-refractivity contribution in [3.05, 3.63) is 13.8 Å². The molecule has 0 bridgehead atoms. The second-order valence-corrected chi connectivity index (χ2v) is 4.91. The van der Waals surface area contributed by atoms with Gasteiger partial charge in [-0.2, -0.15) is 0 Å². The molecule has 84 valence electrons. The molecule has 0 rings (SSSR count). The Kier molecular flexibility index (Phi) is 9.55. The van der Waals surface area contributed by atoms with E-state index in [1.165, 1.54) is 44.9 Å². The molecule has 0 heterocycles. The second kappa shape index (κ2) is 9.55. The van der Waals surface area contributed by atoms with Gasteiger partial charge in [0.1, 0.15) is 0 Å². The number of hydrogen-bond donors (Lipinski definition) is 0. The monoisotopic (exact) mass is 196 g/mol. The zero-order chi connectivity index (χ0) is 10.8. The van der Waals surface area contributed by atoms with Crippen LogP contribution in [-0.4, -0.2) is 0 Å². The summed E-state index contributed by atoms with van der Waals surface area (Å²) in [4.78, 5) is 0. The van der Waals surface area contributed by atoms with E-state index in [0.29, 0.717) is 5.92 Å². The van der Waals surface area contributed by atoms with Crippen LogP contribution in [0, 0.1) is 25.7 Å². The van der Waals surface area contributed by atoms with Gasteiger partial charge in [0.2, 0.25) is 0 Å². The lowest BCUT2D eigenvalue weighted by Gasteiger charge is -2.13. The van der Waals surface area contributed by atoms with Gasteiger partial charge in [0.05, 0.1) is 0 Å². The van der Waals surface area contributed by atoms with E-state index in [1.807, 2.05) is 0 Å². The quantitative estimate of drug-likeness (QED) is 0.453. The first kappa shape index (κ1) is 14.0. The summed E-state index contributed by atoms with van der Waals surface area (Å²) in [5.74, 6) is 1.49. The topological polar surface area (TPSA) is 0 Å². The molecule has 0 aliphatic heterocycles. The molecule has 0 saturated carbocycles. The highest BCUT2D eigenvalue weighted by Gasteiger charge is 2.04. The van der Waals surface area contributed by atoms with E-state index in [-0.39, 0.29) is 0 Å². The Balaban J connectivity index is 3.10. The van der Waals surface area contributed by atoms with Crippen LogP contribution < -0.4 is 0 Å². The molecule has 0 spiro atoms. The molecular formula is C14H28. The summed E-state index contributed by atoms with van der Waals surface area (Å²) in [7, 11) is 0. The van der Waals surface area contributed by atoms with Gasteiger partial charge in [-0.15, -0.1) is 0 Å². The van der Waals surface area contributed by atoms with Crippen molar-refractivity contribution in [2.75, 3.05) is 0 Å². The molecule has 0 aromatic heterocycles. The lowest BCUT2D eigenvalue weighted by molar-refractivity contribution is 0.428. The van der Waals surface area contributed by atoms with E-state index in [9.17, 15) is 0 Å². The van der Waals surface area contributed by atoms with Crippen molar-refractivity contribution in [1.29, 1.82) is 0 Å². The maximum absolute atomic E-state index is 4.20. The Morgan fingerprint density at radius 1 is 0.929 bits per heavy atom. The van der Waals surface area contributed by atoms with Crippen molar-refractivity contribution in [3.8, 4) is 0 Å². The molecule has 14 heavy (non-hydrogen) atoms. The van der Waals surface area contributed by atoms with Crippen LogP contribution in [0.15, 0.2) is 0 Å². The summed E-state index contributed by atoms with van der Waals surface area (Å²) in [6.07, 6.45) is 10.5. The molecule has 0 aromatic carbocycles. The summed E-state index contributed by atoms with van der Waals surface area (Å²) in [5, 5.41) is 0. The van der Waals surface area contributed by atoms with Crippen LogP contribution in [-0.2, 0) is 0 Å². The Bertz CT molecular complexity index is 105. The minimum absolute atomic E-state index is 0.683. The molecule has 1 unspecified atom stereocenters. The van der Waals surface area contributed by atoms with E-state index in [4.69, 9.17) is 0 Å². The molecule has 0 saturated heterocycles. The zero-order valence-corrected chi connectivity index (χ0v) is 10.2. The molecule has 0 amide bonds. The smallest absolute Gasteiger partial charge is 0.0412 e. The van der Waals surface area contributed by atoms with E-state index >= 15 is 0 Å². The fourth-order valence-electron chi connectivity index (χ4n) is 1.92. The lowest BCUT2D eigenvalue weighted by atomic mass is 9.93. The van der Waals surface area contributed by atoms with Crippen molar-refractivity contribution >= 4 is 0 Å². The first-order valence-corrected chi connectivity index (χ1v) is 6.29. The lowest BCUT2D eigenvalue weighted by Crippen LogP contribution is -2.00. The summed E-state index contributed by atoms with van der Waals surface area (Å²) in [6.45, 7) is 12.6. The van der Waals surface area contributed by atoms with Gasteiger partial charge in [0.25, 0.3) is 0 Å². The molecular weight excluding hydrogens is 168 g/mol. The van der Waals surface area contributed by atoms with Crippen LogP contribution >= 0.6 is 0 Å². The predicted molar refractivity (Wildman–Crippen MR) is 66.0 cm³/mol. The van der Waals surface area contributed by atoms with Crippen molar-refractivity contribution in [2.45, 2.75) is 65.2 Å². The van der Waals surface area contributed by atoms with Gasteiger partial charge < -0.3 is 0 Å². The summed E-state index contributed by atoms with van der Waals surface area (Å²) < 4.78 is 0. The van der Waals surface area contributed by atoms with Gasteiger partial charge in [-0.3, -0.25) is 0 Å². The molecule has 0 fully saturated rings. The van der Waals surface area contributed by atoms with Gasteiger partial charge in [0.15, 0.2) is 0 Å². The van der Waals surface area contributed by atoms with Crippen molar-refractivity contribution in [3.63, 3.8) is 0 Å². The summed E-state index contributed by atoms with van der Waals surface area (Å²) >= 11 is 0. The van der Waals surface area contributed by atoms with Crippen molar-refractivity contribution in [1.82, 2.24) is 0 Å². The minimum atomic E-state index is 0.683. The highest BCUT2D eigenvalue weighted by atomic mass is 14.1. The van der Waals surface area contributed by atoms with E-state index in [1.54, 1.807) is 0 Å². The van der Waals surface area contributed by atoms with E-state index in [0.717, 1.165) is 12.3 Å². The summed E-state index contributed by atoms with van der Waals surface area (Å²) in [5.41, 5.74) is 0. The zero-order valence-electron chi connectivity index (χ0n) is 10.2. The van der Waals surface area contributed by atoms with Gasteiger partial charge in [-0.05, 0) is 18.3 Å². The maximum Gasteiger partial charge on any atom is -0.0412 e. The molecule has 2 radical (unpaired) electrons. The SMILES string of the molecule is [CH2]CCCCCCCC([CH2])CC(C)C. The highest BCUT2D eigenvalue weighted by Crippen LogP contribution is 2.18. The normalized spacial score (nSPS) is 13.5. The van der Waals surface area contributed by atoms with Crippen LogP contribution in [0.1, 0.15) is 65.2 Å². The Hall–Kier alpha value is 0. The Morgan fingerprint density at radius 3 is 2.07 bits per heavy atom. The molecule has 0 aliphatic carbocycles. The third-order valence-electron chi connectivity index (χ3n) is 2.67. The molecule has 1 atom stereocenters. The third kappa shape index (κ3) is 10.1. The number of rotatable bonds is 9. The third-order valence-corrected chi connectivity index (χ3v) is 2.67.